The van der Waals surface area contributed by atoms with Crippen molar-refractivity contribution < 1.29 is 27.1 Å². The molecule has 1 amide bonds. The molecule has 0 radical (unpaired) electrons. The van der Waals surface area contributed by atoms with E-state index in [-0.39, 0.29) is 29.0 Å². The molecule has 3 aromatic heterocycles. The van der Waals surface area contributed by atoms with Crippen molar-refractivity contribution in [3.05, 3.63) is 47.9 Å². The Kier molecular flexibility index (Phi) is 6.15. The summed E-state index contributed by atoms with van der Waals surface area (Å²) in [4.78, 5) is 23.3. The fourth-order valence-electron chi connectivity index (χ4n) is 3.32. The summed E-state index contributed by atoms with van der Waals surface area (Å²) in [6.07, 6.45) is -4.62. The third kappa shape index (κ3) is 4.58. The van der Waals surface area contributed by atoms with Gasteiger partial charge in [0.2, 0.25) is 0 Å². The number of halogens is 4. The highest BCUT2D eigenvalue weighted by molar-refractivity contribution is 7.99. The number of carbonyl (C=O) groups excluding carboxylic acids is 1. The lowest BCUT2D eigenvalue weighted by atomic mass is 10.1. The van der Waals surface area contributed by atoms with E-state index in [1.165, 1.54) is 11.8 Å². The summed E-state index contributed by atoms with van der Waals surface area (Å²) in [5, 5.41) is 3.33. The molecule has 33 heavy (non-hydrogen) atoms. The molecular formula is C22H18F4N4O2S. The Morgan fingerprint density at radius 3 is 2.70 bits per heavy atom. The van der Waals surface area contributed by atoms with Gasteiger partial charge in [-0.05, 0) is 36.9 Å². The highest BCUT2D eigenvalue weighted by atomic mass is 32.2. The summed E-state index contributed by atoms with van der Waals surface area (Å²) in [5.41, 5.74) is -0.183. The maximum absolute atomic E-state index is 15.2. The maximum Gasteiger partial charge on any atom is 0.417 e. The zero-order valence-corrected chi connectivity index (χ0v) is 18.3. The second-order valence-corrected chi connectivity index (χ2v) is 8.26. The molecule has 3 heterocycles. The monoisotopic (exact) mass is 478 g/mol. The van der Waals surface area contributed by atoms with Crippen LogP contribution in [0.1, 0.15) is 19.4 Å². The number of thioether (sulfide) groups is 1. The van der Waals surface area contributed by atoms with Crippen molar-refractivity contribution in [1.29, 1.82) is 0 Å². The Morgan fingerprint density at radius 1 is 1.21 bits per heavy atom. The zero-order chi connectivity index (χ0) is 23.8. The van der Waals surface area contributed by atoms with Crippen molar-refractivity contribution in [2.24, 2.45) is 0 Å². The minimum atomic E-state index is -4.60. The minimum absolute atomic E-state index is 0.0570. The smallest absolute Gasteiger partial charge is 0.417 e. The predicted octanol–water partition coefficient (Wildman–Crippen LogP) is 6.62. The van der Waals surface area contributed by atoms with Crippen LogP contribution >= 0.6 is 11.8 Å². The van der Waals surface area contributed by atoms with Gasteiger partial charge in [-0.25, -0.2) is 14.2 Å². The van der Waals surface area contributed by atoms with E-state index in [9.17, 15) is 18.0 Å². The lowest BCUT2D eigenvalue weighted by Crippen LogP contribution is -2.13. The van der Waals surface area contributed by atoms with E-state index >= 15 is 4.39 Å². The van der Waals surface area contributed by atoms with Crippen molar-refractivity contribution in [3.63, 3.8) is 0 Å². The molecule has 0 atom stereocenters. The molecule has 0 unspecified atom stereocenters. The first-order chi connectivity index (χ1) is 15.7. The highest BCUT2D eigenvalue weighted by Gasteiger charge is 2.32. The number of ether oxygens (including phenoxy) is 1. The molecule has 0 aliphatic carbocycles. The largest absolute Gasteiger partial charge is 0.450 e. The number of fused-ring (bicyclic) bond motifs is 2. The summed E-state index contributed by atoms with van der Waals surface area (Å²) < 4.78 is 59.2. The predicted molar refractivity (Wildman–Crippen MR) is 119 cm³/mol. The van der Waals surface area contributed by atoms with Gasteiger partial charge in [-0.2, -0.15) is 13.2 Å². The molecule has 172 valence electrons. The summed E-state index contributed by atoms with van der Waals surface area (Å²) in [6, 6.07) is 7.69. The Labute approximate surface area is 189 Å². The van der Waals surface area contributed by atoms with Gasteiger partial charge in [-0.3, -0.25) is 10.3 Å². The number of hydrogen-bond acceptors (Lipinski definition) is 5. The first-order valence-electron chi connectivity index (χ1n) is 9.97. The molecule has 4 rings (SSSR count). The van der Waals surface area contributed by atoms with Crippen LogP contribution < -0.4 is 5.32 Å². The minimum Gasteiger partial charge on any atom is -0.450 e. The molecule has 0 aliphatic rings. The Balaban J connectivity index is 1.85. The van der Waals surface area contributed by atoms with Crippen LogP contribution in [-0.4, -0.2) is 33.4 Å². The van der Waals surface area contributed by atoms with Crippen molar-refractivity contribution in [3.8, 4) is 11.4 Å². The average molecular weight is 478 g/mol. The van der Waals surface area contributed by atoms with Crippen LogP contribution in [0.2, 0.25) is 0 Å². The number of carbonyl (C=O) groups is 1. The molecule has 0 fully saturated rings. The third-order valence-corrected chi connectivity index (χ3v) is 5.65. The van der Waals surface area contributed by atoms with Crippen molar-refractivity contribution >= 4 is 45.5 Å². The topological polar surface area (TPSA) is 79.9 Å². The zero-order valence-electron chi connectivity index (χ0n) is 17.5. The molecule has 11 heteroatoms. The molecular weight excluding hydrogens is 460 g/mol. The van der Waals surface area contributed by atoms with Crippen molar-refractivity contribution in [2.45, 2.75) is 24.9 Å². The number of aromatic amines is 1. The second-order valence-electron chi connectivity index (χ2n) is 6.95. The number of benzene rings is 1. The lowest BCUT2D eigenvalue weighted by Gasteiger charge is -2.11. The molecule has 2 N–H and O–H groups in total. The van der Waals surface area contributed by atoms with Crippen LogP contribution in [0.4, 0.5) is 28.0 Å². The third-order valence-electron chi connectivity index (χ3n) is 4.74. The Hall–Kier alpha value is -3.34. The maximum atomic E-state index is 15.2. The number of amides is 1. The summed E-state index contributed by atoms with van der Waals surface area (Å²) in [7, 11) is 0. The first-order valence-corrected chi connectivity index (χ1v) is 11.0. The quantitative estimate of drug-likeness (QED) is 0.249. The number of nitrogens with zero attached hydrogens (tertiary/aromatic N) is 2. The Morgan fingerprint density at radius 2 is 2.00 bits per heavy atom. The molecule has 0 bridgehead atoms. The van der Waals surface area contributed by atoms with E-state index < -0.39 is 23.7 Å². The van der Waals surface area contributed by atoms with Crippen LogP contribution in [0.5, 0.6) is 0 Å². The van der Waals surface area contributed by atoms with Crippen LogP contribution in [0.25, 0.3) is 33.3 Å². The van der Waals surface area contributed by atoms with E-state index in [0.29, 0.717) is 28.0 Å². The Bertz CT molecular complexity index is 1350. The van der Waals surface area contributed by atoms with Gasteiger partial charge in [0, 0.05) is 22.2 Å². The molecule has 0 saturated carbocycles. The van der Waals surface area contributed by atoms with Crippen molar-refractivity contribution in [1.82, 2.24) is 15.0 Å². The van der Waals surface area contributed by atoms with Crippen LogP contribution in [0.3, 0.4) is 0 Å². The molecule has 1 aromatic carbocycles. The second kappa shape index (κ2) is 8.89. The number of rotatable bonds is 5. The van der Waals surface area contributed by atoms with E-state index in [4.69, 9.17) is 4.74 Å². The van der Waals surface area contributed by atoms with E-state index in [1.54, 1.807) is 25.1 Å². The molecule has 0 saturated heterocycles. The average Bonchev–Trinajstić information content (AvgIpc) is 3.09. The van der Waals surface area contributed by atoms with Gasteiger partial charge in [0.25, 0.3) is 0 Å². The van der Waals surface area contributed by atoms with Gasteiger partial charge in [-0.1, -0.05) is 13.0 Å². The number of pyridine rings is 2. The standard InChI is InChI=1S/C22H18F4N4O2S/c1-3-32-21(31)28-13-6-5-11-7-16(33-4-2)19(29-14(11)9-13)20-17(23)18-15(30-20)8-12(10-27-18)22(24,25)26/h5-10,30H,3-4H2,1-2H3,(H,28,31). The number of anilines is 1. The van der Waals surface area contributed by atoms with Crippen molar-refractivity contribution in [2.75, 3.05) is 17.7 Å². The lowest BCUT2D eigenvalue weighted by molar-refractivity contribution is -0.137. The van der Waals surface area contributed by atoms with Gasteiger partial charge in [-0.15, -0.1) is 11.8 Å². The molecule has 0 aliphatic heterocycles. The fraction of sp³-hybridized carbons (Fsp3) is 0.227. The number of hydrogen-bond donors (Lipinski definition) is 2. The van der Waals surface area contributed by atoms with Gasteiger partial charge >= 0.3 is 12.3 Å². The van der Waals surface area contributed by atoms with E-state index in [0.717, 1.165) is 11.5 Å². The summed E-state index contributed by atoms with van der Waals surface area (Å²) >= 11 is 1.42. The van der Waals surface area contributed by atoms with Gasteiger partial charge < -0.3 is 9.72 Å². The highest BCUT2D eigenvalue weighted by Crippen LogP contribution is 2.37. The summed E-state index contributed by atoms with van der Waals surface area (Å²) in [5.74, 6) is -0.120. The SMILES string of the molecule is CCOC(=O)Nc1ccc2cc(SCC)c(-c3[nH]c4cc(C(F)(F)F)cnc4c3F)nc2c1. The van der Waals surface area contributed by atoms with Gasteiger partial charge in [0.1, 0.15) is 16.9 Å². The molecule has 6 nitrogen and oxygen atoms in total. The van der Waals surface area contributed by atoms with Crippen LogP contribution in [0.15, 0.2) is 41.4 Å². The van der Waals surface area contributed by atoms with Gasteiger partial charge in [0.15, 0.2) is 5.82 Å². The normalized spacial score (nSPS) is 11.8. The number of H-pyrrole nitrogens is 1. The van der Waals surface area contributed by atoms with Crippen LogP contribution in [-0.2, 0) is 10.9 Å². The van der Waals surface area contributed by atoms with Crippen LogP contribution in [0, 0.1) is 5.82 Å². The number of aromatic nitrogens is 3. The van der Waals surface area contributed by atoms with Gasteiger partial charge in [0.05, 0.1) is 23.2 Å². The first kappa shape index (κ1) is 22.8. The molecule has 4 aromatic rings. The van der Waals surface area contributed by atoms with E-state index in [1.807, 2.05) is 13.0 Å². The summed E-state index contributed by atoms with van der Waals surface area (Å²) in [6.45, 7) is 3.81. The fourth-order valence-corrected chi connectivity index (χ4v) is 4.12. The molecule has 0 spiro atoms. The number of nitrogens with one attached hydrogen (secondary N) is 2. The van der Waals surface area contributed by atoms with E-state index in [2.05, 4.69) is 20.3 Å². The number of alkyl halides is 3.